The highest BCUT2D eigenvalue weighted by molar-refractivity contribution is 7.99. The number of hydrogen-bond donors (Lipinski definition) is 3. The molecule has 0 radical (unpaired) electrons. The average Bonchev–Trinajstić information content (AvgIpc) is 3.05. The van der Waals surface area contributed by atoms with E-state index in [9.17, 15) is 33.3 Å². The fourth-order valence-corrected chi connectivity index (χ4v) is 5.10. The molecule has 3 N–H and O–H groups in total. The Bertz CT molecular complexity index is 1220. The van der Waals surface area contributed by atoms with Crippen LogP contribution in [0.25, 0.3) is 10.9 Å². The van der Waals surface area contributed by atoms with Gasteiger partial charge in [-0.1, -0.05) is 29.8 Å². The van der Waals surface area contributed by atoms with Crippen LogP contribution in [-0.4, -0.2) is 54.5 Å². The number of aliphatic hydroxyl groups is 1. The Balaban J connectivity index is 1.71. The predicted octanol–water partition coefficient (Wildman–Crippen LogP) is 3.82. The Kier molecular flexibility index (Phi) is 5.82. The van der Waals surface area contributed by atoms with E-state index in [1.165, 1.54) is 4.90 Å². The molecule has 7 nitrogen and oxygen atoms in total. The second-order valence-corrected chi connectivity index (χ2v) is 8.45. The molecule has 168 valence electrons. The molecule has 1 atom stereocenters. The standard InChI is InChI=1S/C20H15ClF3N3O4S/c21-14-13(20(22,23)24)5-12-15(25-19(31)26-17(12)29)16(14)32-8-10(7-28)27-6-9-3-1-2-4-11(9)18(27)30/h1-5,10,28H,6-8H2,(H2,25,26,29,31)/t10-/m0/s1. The zero-order chi connectivity index (χ0) is 23.2. The van der Waals surface area contributed by atoms with E-state index in [-0.39, 0.29) is 34.0 Å². The van der Waals surface area contributed by atoms with Crippen molar-refractivity contribution in [2.45, 2.75) is 23.7 Å². The SMILES string of the molecule is O=C1c2ccccc2CN1[C@@H](CO)CSc1c(Cl)c(C(F)(F)F)cc2c(O)nc(O)nc12. The fraction of sp³-hybridized carbons (Fsp3) is 0.250. The van der Waals surface area contributed by atoms with E-state index >= 15 is 0 Å². The number of hydrogen-bond acceptors (Lipinski definition) is 7. The lowest BCUT2D eigenvalue weighted by Gasteiger charge is -2.26. The van der Waals surface area contributed by atoms with Gasteiger partial charge in [0, 0.05) is 17.9 Å². The van der Waals surface area contributed by atoms with Gasteiger partial charge in [0.1, 0.15) is 0 Å². The second kappa shape index (κ2) is 8.30. The van der Waals surface area contributed by atoms with Gasteiger partial charge < -0.3 is 20.2 Å². The Morgan fingerprint density at radius 3 is 2.59 bits per heavy atom. The first-order chi connectivity index (χ1) is 15.1. The molecule has 0 bridgehead atoms. The van der Waals surface area contributed by atoms with Crippen molar-refractivity contribution < 1.29 is 33.3 Å². The second-order valence-electron chi connectivity index (χ2n) is 7.05. The van der Waals surface area contributed by atoms with Gasteiger partial charge in [0.05, 0.1) is 39.0 Å². The van der Waals surface area contributed by atoms with Crippen LogP contribution in [0.1, 0.15) is 21.5 Å². The van der Waals surface area contributed by atoms with Gasteiger partial charge in [0.2, 0.25) is 5.88 Å². The van der Waals surface area contributed by atoms with Crippen molar-refractivity contribution >= 4 is 40.2 Å². The quantitative estimate of drug-likeness (QED) is 0.472. The van der Waals surface area contributed by atoms with Crippen molar-refractivity contribution in [3.63, 3.8) is 0 Å². The van der Waals surface area contributed by atoms with Gasteiger partial charge in [-0.25, -0.2) is 0 Å². The molecular weight excluding hydrogens is 471 g/mol. The van der Waals surface area contributed by atoms with E-state index in [1.54, 1.807) is 24.3 Å². The number of aromatic hydroxyl groups is 2. The van der Waals surface area contributed by atoms with E-state index in [1.807, 2.05) is 0 Å². The number of benzene rings is 2. The molecule has 1 aliphatic heterocycles. The largest absolute Gasteiger partial charge is 0.493 e. The molecule has 1 aliphatic rings. The average molecular weight is 486 g/mol. The molecule has 0 saturated carbocycles. The van der Waals surface area contributed by atoms with Crippen molar-refractivity contribution in [2.75, 3.05) is 12.4 Å². The number of aliphatic hydroxyl groups excluding tert-OH is 1. The Morgan fingerprint density at radius 2 is 1.94 bits per heavy atom. The molecule has 0 spiro atoms. The summed E-state index contributed by atoms with van der Waals surface area (Å²) in [7, 11) is 0. The van der Waals surface area contributed by atoms with Gasteiger partial charge in [-0.3, -0.25) is 4.79 Å². The zero-order valence-corrected chi connectivity index (χ0v) is 17.7. The molecule has 0 unspecified atom stereocenters. The first-order valence-electron chi connectivity index (χ1n) is 9.23. The molecule has 4 rings (SSSR count). The number of carbonyl (C=O) groups is 1. The van der Waals surface area contributed by atoms with Gasteiger partial charge >= 0.3 is 12.2 Å². The van der Waals surface area contributed by atoms with Gasteiger partial charge in [0.15, 0.2) is 0 Å². The maximum atomic E-state index is 13.5. The molecule has 0 fully saturated rings. The van der Waals surface area contributed by atoms with Gasteiger partial charge in [-0.05, 0) is 17.7 Å². The third-order valence-corrected chi connectivity index (χ3v) is 6.82. The van der Waals surface area contributed by atoms with Gasteiger partial charge in [0.25, 0.3) is 5.91 Å². The smallest absolute Gasteiger partial charge is 0.417 e. The summed E-state index contributed by atoms with van der Waals surface area (Å²) in [5.41, 5.74) is -0.0955. The summed E-state index contributed by atoms with van der Waals surface area (Å²) in [6, 6.07) is 6.00. The first-order valence-corrected chi connectivity index (χ1v) is 10.6. The molecule has 3 aromatic rings. The third-order valence-electron chi connectivity index (χ3n) is 5.08. The van der Waals surface area contributed by atoms with Gasteiger partial charge in [-0.15, -0.1) is 11.8 Å². The topological polar surface area (TPSA) is 107 Å². The minimum absolute atomic E-state index is 0.0160. The van der Waals surface area contributed by atoms with E-state index in [0.717, 1.165) is 17.3 Å². The van der Waals surface area contributed by atoms with Crippen molar-refractivity contribution in [1.82, 2.24) is 14.9 Å². The van der Waals surface area contributed by atoms with Crippen LogP contribution in [-0.2, 0) is 12.7 Å². The number of thioether (sulfide) groups is 1. The van der Waals surface area contributed by atoms with Crippen molar-refractivity contribution in [2.24, 2.45) is 0 Å². The molecule has 0 aliphatic carbocycles. The molecule has 2 aromatic carbocycles. The maximum Gasteiger partial charge on any atom is 0.417 e. The number of amides is 1. The van der Waals surface area contributed by atoms with Crippen molar-refractivity contribution in [1.29, 1.82) is 0 Å². The summed E-state index contributed by atoms with van der Waals surface area (Å²) in [6.45, 7) is -0.186. The highest BCUT2D eigenvalue weighted by Crippen LogP contribution is 2.45. The normalized spacial score (nSPS) is 14.8. The molecule has 0 saturated heterocycles. The lowest BCUT2D eigenvalue weighted by Crippen LogP contribution is -2.40. The van der Waals surface area contributed by atoms with E-state index in [2.05, 4.69) is 9.97 Å². The lowest BCUT2D eigenvalue weighted by molar-refractivity contribution is -0.137. The molecule has 32 heavy (non-hydrogen) atoms. The summed E-state index contributed by atoms with van der Waals surface area (Å²) in [6.07, 6.45) is -4.83. The zero-order valence-electron chi connectivity index (χ0n) is 16.1. The predicted molar refractivity (Wildman–Crippen MR) is 111 cm³/mol. The van der Waals surface area contributed by atoms with E-state index in [4.69, 9.17) is 11.6 Å². The summed E-state index contributed by atoms with van der Waals surface area (Å²) >= 11 is 6.88. The minimum atomic E-state index is -4.83. The number of rotatable bonds is 5. The summed E-state index contributed by atoms with van der Waals surface area (Å²) in [4.78, 5) is 21.0. The van der Waals surface area contributed by atoms with Crippen LogP contribution < -0.4 is 0 Å². The minimum Gasteiger partial charge on any atom is -0.493 e. The third kappa shape index (κ3) is 3.91. The van der Waals surface area contributed by atoms with Crippen LogP contribution in [0.5, 0.6) is 11.9 Å². The number of alkyl halides is 3. The number of halogens is 4. The monoisotopic (exact) mass is 485 g/mol. The number of carbonyl (C=O) groups excluding carboxylic acids is 1. The first kappa shape index (κ1) is 22.4. The van der Waals surface area contributed by atoms with Crippen LogP contribution in [0.4, 0.5) is 13.2 Å². The highest BCUT2D eigenvalue weighted by atomic mass is 35.5. The molecule has 1 amide bonds. The van der Waals surface area contributed by atoms with Crippen LogP contribution in [0.15, 0.2) is 35.2 Å². The Hall–Kier alpha value is -2.76. The van der Waals surface area contributed by atoms with Crippen LogP contribution in [0.3, 0.4) is 0 Å². The van der Waals surface area contributed by atoms with Crippen LogP contribution in [0.2, 0.25) is 5.02 Å². The summed E-state index contributed by atoms with van der Waals surface area (Å²) in [5, 5.41) is 28.5. The fourth-order valence-electron chi connectivity index (χ4n) is 3.52. The molecular formula is C20H15ClF3N3O4S. The molecule has 1 aromatic heterocycles. The highest BCUT2D eigenvalue weighted by Gasteiger charge is 2.37. The van der Waals surface area contributed by atoms with Crippen LogP contribution >= 0.6 is 23.4 Å². The molecule has 12 heteroatoms. The number of aromatic nitrogens is 2. The Morgan fingerprint density at radius 1 is 1.22 bits per heavy atom. The van der Waals surface area contributed by atoms with Crippen molar-refractivity contribution in [3.05, 3.63) is 52.0 Å². The Labute approximate surface area is 188 Å². The lowest BCUT2D eigenvalue weighted by atomic mass is 10.1. The van der Waals surface area contributed by atoms with E-state index < -0.39 is 41.3 Å². The van der Waals surface area contributed by atoms with E-state index in [0.29, 0.717) is 11.6 Å². The number of fused-ring (bicyclic) bond motifs is 2. The van der Waals surface area contributed by atoms with Crippen LogP contribution in [0, 0.1) is 0 Å². The van der Waals surface area contributed by atoms with Crippen molar-refractivity contribution in [3.8, 4) is 11.9 Å². The number of nitrogens with zero attached hydrogens (tertiary/aromatic N) is 3. The molecule has 2 heterocycles. The maximum absolute atomic E-state index is 13.5. The van der Waals surface area contributed by atoms with Gasteiger partial charge in [-0.2, -0.15) is 23.1 Å². The summed E-state index contributed by atoms with van der Waals surface area (Å²) < 4.78 is 40.6. The summed E-state index contributed by atoms with van der Waals surface area (Å²) in [5.74, 6) is -1.14.